The molecule has 0 spiro atoms. The standard InChI is InChI=1S/C12H24N2O4/c1-12(2,3)6-10(16)7(13)4-9(15)8(14)5-11(17)18/h7-8,10,16H,4-6,13-14H2,1-3H3,(H,17,18)/t7?,8-,10?/m0/s1. The minimum Gasteiger partial charge on any atom is -0.481 e. The Morgan fingerprint density at radius 2 is 1.67 bits per heavy atom. The summed E-state index contributed by atoms with van der Waals surface area (Å²) < 4.78 is 0. The van der Waals surface area contributed by atoms with Gasteiger partial charge in [-0.2, -0.15) is 0 Å². The maximum atomic E-state index is 11.6. The van der Waals surface area contributed by atoms with E-state index >= 15 is 0 Å². The first-order chi connectivity index (χ1) is 8.03. The first-order valence-electron chi connectivity index (χ1n) is 5.96. The molecule has 0 bridgehead atoms. The number of aliphatic carboxylic acids is 1. The molecule has 0 aromatic rings. The van der Waals surface area contributed by atoms with Crippen LogP contribution in [0.15, 0.2) is 0 Å². The number of carboxylic acids is 1. The van der Waals surface area contributed by atoms with Crippen LogP contribution in [0.5, 0.6) is 0 Å². The summed E-state index contributed by atoms with van der Waals surface area (Å²) in [6.45, 7) is 5.88. The zero-order valence-electron chi connectivity index (χ0n) is 11.2. The predicted molar refractivity (Wildman–Crippen MR) is 67.9 cm³/mol. The zero-order valence-corrected chi connectivity index (χ0v) is 11.2. The molecule has 0 saturated carbocycles. The maximum Gasteiger partial charge on any atom is 0.305 e. The summed E-state index contributed by atoms with van der Waals surface area (Å²) in [5.74, 6) is -1.56. The number of rotatable bonds is 7. The Hall–Kier alpha value is -0.980. The molecule has 106 valence electrons. The van der Waals surface area contributed by atoms with Gasteiger partial charge in [-0.3, -0.25) is 9.59 Å². The molecule has 6 nitrogen and oxygen atoms in total. The van der Waals surface area contributed by atoms with E-state index in [2.05, 4.69) is 0 Å². The fourth-order valence-electron chi connectivity index (χ4n) is 1.60. The van der Waals surface area contributed by atoms with Crippen LogP contribution in [0.3, 0.4) is 0 Å². The van der Waals surface area contributed by atoms with Crippen molar-refractivity contribution in [3.8, 4) is 0 Å². The van der Waals surface area contributed by atoms with E-state index in [-0.39, 0.29) is 11.8 Å². The highest BCUT2D eigenvalue weighted by Gasteiger charge is 2.26. The van der Waals surface area contributed by atoms with E-state index < -0.39 is 36.4 Å². The number of Topliss-reactive ketones (excluding diaryl/α,β-unsaturated/α-hetero) is 1. The van der Waals surface area contributed by atoms with Gasteiger partial charge in [-0.1, -0.05) is 20.8 Å². The monoisotopic (exact) mass is 260 g/mol. The highest BCUT2D eigenvalue weighted by molar-refractivity contribution is 5.88. The molecule has 0 aromatic heterocycles. The van der Waals surface area contributed by atoms with Gasteiger partial charge >= 0.3 is 5.97 Å². The first kappa shape index (κ1) is 17.0. The Morgan fingerprint density at radius 3 is 2.06 bits per heavy atom. The number of hydrogen-bond donors (Lipinski definition) is 4. The van der Waals surface area contributed by atoms with Crippen LogP contribution in [0, 0.1) is 5.41 Å². The molecule has 0 rings (SSSR count). The highest BCUT2D eigenvalue weighted by Crippen LogP contribution is 2.22. The zero-order chi connectivity index (χ0) is 14.5. The number of hydrogen-bond acceptors (Lipinski definition) is 5. The van der Waals surface area contributed by atoms with Crippen molar-refractivity contribution in [1.82, 2.24) is 0 Å². The van der Waals surface area contributed by atoms with Gasteiger partial charge < -0.3 is 21.7 Å². The minimum atomic E-state index is -1.13. The normalized spacial score (nSPS) is 17.0. The Morgan fingerprint density at radius 1 is 1.17 bits per heavy atom. The van der Waals surface area contributed by atoms with Gasteiger partial charge in [-0.05, 0) is 11.8 Å². The van der Waals surface area contributed by atoms with Crippen molar-refractivity contribution in [1.29, 1.82) is 0 Å². The van der Waals surface area contributed by atoms with Gasteiger partial charge in [0.05, 0.1) is 18.6 Å². The summed E-state index contributed by atoms with van der Waals surface area (Å²) in [5.41, 5.74) is 11.1. The van der Waals surface area contributed by atoms with Crippen LogP contribution in [0.4, 0.5) is 0 Å². The second-order valence-electron chi connectivity index (χ2n) is 5.87. The number of nitrogens with two attached hydrogens (primary N) is 2. The lowest BCUT2D eigenvalue weighted by molar-refractivity contribution is -0.139. The van der Waals surface area contributed by atoms with Crippen molar-refractivity contribution in [2.75, 3.05) is 0 Å². The molecule has 6 N–H and O–H groups in total. The second-order valence-corrected chi connectivity index (χ2v) is 5.87. The Bertz CT molecular complexity index is 299. The van der Waals surface area contributed by atoms with Crippen molar-refractivity contribution in [2.24, 2.45) is 16.9 Å². The van der Waals surface area contributed by atoms with E-state index in [4.69, 9.17) is 16.6 Å². The van der Waals surface area contributed by atoms with E-state index in [1.165, 1.54) is 0 Å². The number of carboxylic acid groups (broad SMARTS) is 1. The number of carbonyl (C=O) groups is 2. The summed E-state index contributed by atoms with van der Waals surface area (Å²) in [7, 11) is 0. The maximum absolute atomic E-state index is 11.6. The largest absolute Gasteiger partial charge is 0.481 e. The third kappa shape index (κ3) is 7.37. The quantitative estimate of drug-likeness (QED) is 0.505. The number of aliphatic hydroxyl groups is 1. The van der Waals surface area contributed by atoms with Gasteiger partial charge in [0.1, 0.15) is 0 Å². The minimum absolute atomic E-state index is 0.0940. The lowest BCUT2D eigenvalue weighted by Crippen LogP contribution is -2.43. The molecule has 0 aliphatic rings. The molecule has 6 heteroatoms. The van der Waals surface area contributed by atoms with Crippen LogP contribution in [0.1, 0.15) is 40.0 Å². The van der Waals surface area contributed by atoms with Crippen molar-refractivity contribution < 1.29 is 19.8 Å². The van der Waals surface area contributed by atoms with Gasteiger partial charge in [0.15, 0.2) is 5.78 Å². The summed E-state index contributed by atoms with van der Waals surface area (Å²) in [6.07, 6.45) is -0.853. The number of ketones is 1. The second kappa shape index (κ2) is 6.82. The molecule has 18 heavy (non-hydrogen) atoms. The van der Waals surface area contributed by atoms with Crippen molar-refractivity contribution >= 4 is 11.8 Å². The summed E-state index contributed by atoms with van der Waals surface area (Å²) in [4.78, 5) is 22.0. The first-order valence-corrected chi connectivity index (χ1v) is 5.96. The summed E-state index contributed by atoms with van der Waals surface area (Å²) in [5, 5.41) is 18.3. The van der Waals surface area contributed by atoms with Crippen LogP contribution in [-0.2, 0) is 9.59 Å². The molecular weight excluding hydrogens is 236 g/mol. The molecule has 0 heterocycles. The Kier molecular flexibility index (Phi) is 6.45. The van der Waals surface area contributed by atoms with E-state index in [0.717, 1.165) is 0 Å². The topological polar surface area (TPSA) is 127 Å². The van der Waals surface area contributed by atoms with Gasteiger partial charge in [-0.15, -0.1) is 0 Å². The molecule has 0 saturated heterocycles. The molecule has 3 atom stereocenters. The molecule has 0 amide bonds. The summed E-state index contributed by atoms with van der Waals surface area (Å²) >= 11 is 0. The van der Waals surface area contributed by atoms with E-state index in [1.807, 2.05) is 20.8 Å². The molecule has 2 unspecified atom stereocenters. The SMILES string of the molecule is CC(C)(C)CC(O)C(N)CC(=O)[C@@H](N)CC(=O)O. The smallest absolute Gasteiger partial charge is 0.305 e. The van der Waals surface area contributed by atoms with E-state index in [0.29, 0.717) is 6.42 Å². The molecular formula is C12H24N2O4. The molecule has 0 aliphatic carbocycles. The number of carbonyl (C=O) groups excluding carboxylic acids is 1. The summed E-state index contributed by atoms with van der Waals surface area (Å²) in [6, 6.07) is -1.77. The van der Waals surface area contributed by atoms with E-state index in [9.17, 15) is 14.7 Å². The van der Waals surface area contributed by atoms with Crippen molar-refractivity contribution in [2.45, 2.75) is 58.2 Å². The van der Waals surface area contributed by atoms with Gasteiger partial charge in [0, 0.05) is 12.5 Å². The van der Waals surface area contributed by atoms with Gasteiger partial charge in [0.25, 0.3) is 0 Å². The van der Waals surface area contributed by atoms with Crippen LogP contribution in [0.2, 0.25) is 0 Å². The van der Waals surface area contributed by atoms with Crippen molar-refractivity contribution in [3.05, 3.63) is 0 Å². The van der Waals surface area contributed by atoms with Crippen LogP contribution >= 0.6 is 0 Å². The van der Waals surface area contributed by atoms with E-state index in [1.54, 1.807) is 0 Å². The van der Waals surface area contributed by atoms with Crippen molar-refractivity contribution in [3.63, 3.8) is 0 Å². The molecule has 0 aromatic carbocycles. The third-order valence-corrected chi connectivity index (χ3v) is 2.56. The predicted octanol–water partition coefficient (Wildman–Crippen LogP) is -0.128. The lowest BCUT2D eigenvalue weighted by Gasteiger charge is -2.26. The fourth-order valence-corrected chi connectivity index (χ4v) is 1.60. The molecule has 0 radical (unpaired) electrons. The van der Waals surface area contributed by atoms with Crippen LogP contribution in [0.25, 0.3) is 0 Å². The highest BCUT2D eigenvalue weighted by atomic mass is 16.4. The third-order valence-electron chi connectivity index (χ3n) is 2.56. The number of aliphatic hydroxyl groups excluding tert-OH is 1. The van der Waals surface area contributed by atoms with Crippen LogP contribution in [-0.4, -0.2) is 40.2 Å². The Labute approximate surface area is 107 Å². The molecule has 0 fully saturated rings. The average Bonchev–Trinajstić information content (AvgIpc) is 2.13. The lowest BCUT2D eigenvalue weighted by atomic mass is 9.85. The fraction of sp³-hybridized carbons (Fsp3) is 0.833. The average molecular weight is 260 g/mol. The van der Waals surface area contributed by atoms with Gasteiger partial charge in [-0.25, -0.2) is 0 Å². The van der Waals surface area contributed by atoms with Crippen LogP contribution < -0.4 is 11.5 Å². The molecule has 0 aliphatic heterocycles. The van der Waals surface area contributed by atoms with Gasteiger partial charge in [0.2, 0.25) is 0 Å². The Balaban J connectivity index is 4.26.